The maximum Gasteiger partial charge on any atom is 0.0636 e. The Morgan fingerprint density at radius 3 is 1.62 bits per heavy atom. The van der Waals surface area contributed by atoms with Gasteiger partial charge in [-0.05, 0) is 82.9 Å². The van der Waals surface area contributed by atoms with Crippen molar-refractivity contribution in [3.63, 3.8) is 0 Å². The molecule has 0 aliphatic carbocycles. The van der Waals surface area contributed by atoms with Crippen molar-refractivity contribution in [2.24, 2.45) is 0 Å². The minimum Gasteiger partial charge on any atom is -0.0622 e. The summed E-state index contributed by atoms with van der Waals surface area (Å²) >= 11 is 0. The first-order valence-corrected chi connectivity index (χ1v) is 14.0. The summed E-state index contributed by atoms with van der Waals surface area (Å²) < 4.78 is 64.9. The lowest BCUT2D eigenvalue weighted by atomic mass is 9.83. The van der Waals surface area contributed by atoms with Crippen LogP contribution in [0.25, 0.3) is 76.8 Å². The van der Waals surface area contributed by atoms with Gasteiger partial charge in [-0.1, -0.05) is 164 Å². The van der Waals surface area contributed by atoms with E-state index in [1.54, 1.807) is 0 Å². The van der Waals surface area contributed by atoms with Gasteiger partial charge in [-0.3, -0.25) is 0 Å². The van der Waals surface area contributed by atoms with Crippen LogP contribution in [0.2, 0.25) is 0 Å². The van der Waals surface area contributed by atoms with Crippen LogP contribution in [0.5, 0.6) is 0 Å². The fraction of sp³-hybridized carbons (Fsp3) is 0. The van der Waals surface area contributed by atoms with Gasteiger partial charge in [-0.2, -0.15) is 0 Å². The summed E-state index contributed by atoms with van der Waals surface area (Å²) in [4.78, 5) is 0. The van der Waals surface area contributed by atoms with E-state index in [1.807, 2.05) is 127 Å². The average Bonchev–Trinajstić information content (AvgIpc) is 3.15. The molecule has 0 aliphatic heterocycles. The summed E-state index contributed by atoms with van der Waals surface area (Å²) in [5.41, 5.74) is 5.09. The highest BCUT2D eigenvalue weighted by Crippen LogP contribution is 2.46. The number of rotatable bonds is 4. The van der Waals surface area contributed by atoms with Gasteiger partial charge in [0, 0.05) is 0 Å². The van der Waals surface area contributed by atoms with Crippen LogP contribution in [0.4, 0.5) is 0 Å². The maximum atomic E-state index is 9.82. The molecule has 0 radical (unpaired) electrons. The van der Waals surface area contributed by atoms with Crippen LogP contribution < -0.4 is 0 Å². The molecule has 196 valence electrons. The highest BCUT2D eigenvalue weighted by Gasteiger charge is 2.18. The molecule has 0 atom stereocenters. The molecule has 8 aromatic carbocycles. The van der Waals surface area contributed by atoms with E-state index in [0.29, 0.717) is 44.2 Å². The largest absolute Gasteiger partial charge is 0.0636 e. The first kappa shape index (κ1) is 18.1. The van der Waals surface area contributed by atoms with Gasteiger partial charge in [0.25, 0.3) is 0 Å². The number of fused-ring (bicyclic) bond motifs is 3. The van der Waals surface area contributed by atoms with Crippen molar-refractivity contribution in [3.8, 4) is 44.5 Å². The van der Waals surface area contributed by atoms with Crippen LogP contribution in [0, 0.1) is 0 Å². The second-order valence-electron chi connectivity index (χ2n) is 10.3. The van der Waals surface area contributed by atoms with E-state index in [1.165, 1.54) is 0 Å². The summed E-state index contributed by atoms with van der Waals surface area (Å²) in [6.07, 6.45) is 0. The normalized spacial score (nSPS) is 13.7. The molecule has 0 spiro atoms. The van der Waals surface area contributed by atoms with Crippen molar-refractivity contribution >= 4 is 32.3 Å². The summed E-state index contributed by atoms with van der Waals surface area (Å²) in [5, 5.41) is 3.00. The molecule has 0 saturated heterocycles. The van der Waals surface area contributed by atoms with Gasteiger partial charge in [-0.15, -0.1) is 0 Å². The third-order valence-corrected chi connectivity index (χ3v) is 7.90. The minimum atomic E-state index is -0.382. The fourth-order valence-electron chi connectivity index (χ4n) is 5.93. The van der Waals surface area contributed by atoms with Crippen molar-refractivity contribution in [1.29, 1.82) is 0 Å². The second-order valence-corrected chi connectivity index (χ2v) is 10.3. The van der Waals surface area contributed by atoms with E-state index < -0.39 is 0 Å². The Labute approximate surface area is 256 Å². The van der Waals surface area contributed by atoms with Crippen molar-refractivity contribution in [1.82, 2.24) is 0 Å². The molecule has 0 bridgehead atoms. The van der Waals surface area contributed by atoms with E-state index in [9.17, 15) is 6.85 Å². The van der Waals surface area contributed by atoms with E-state index in [0.717, 1.165) is 21.9 Å². The molecule has 0 aromatic heterocycles. The molecule has 8 aromatic rings. The average molecular weight is 540 g/mol. The predicted octanol–water partition coefficient (Wildman–Crippen LogP) is 11.8. The van der Waals surface area contributed by atoms with E-state index in [2.05, 4.69) is 0 Å². The van der Waals surface area contributed by atoms with Crippen molar-refractivity contribution in [2.45, 2.75) is 0 Å². The quantitative estimate of drug-likeness (QED) is 0.195. The Morgan fingerprint density at radius 1 is 0.333 bits per heavy atom. The predicted molar refractivity (Wildman–Crippen MR) is 181 cm³/mol. The molecule has 0 heterocycles. The van der Waals surface area contributed by atoms with Gasteiger partial charge in [0.15, 0.2) is 0 Å². The molecule has 0 saturated carbocycles. The van der Waals surface area contributed by atoms with Crippen molar-refractivity contribution in [3.05, 3.63) is 170 Å². The molecule has 0 N–H and O–H groups in total. The Bertz CT molecular complexity index is 2590. The first-order valence-electron chi connectivity index (χ1n) is 17.5. The molecule has 8 rings (SSSR count). The first-order chi connectivity index (χ1) is 23.8. The Balaban J connectivity index is 1.64. The molecular formula is C42H28. The third kappa shape index (κ3) is 4.08. The van der Waals surface area contributed by atoms with Crippen LogP contribution in [0.1, 0.15) is 9.60 Å². The lowest BCUT2D eigenvalue weighted by Crippen LogP contribution is -1.92. The molecule has 42 heavy (non-hydrogen) atoms. The summed E-state index contributed by atoms with van der Waals surface area (Å²) in [5.74, 6) is 0. The summed E-state index contributed by atoms with van der Waals surface area (Å²) in [7, 11) is 0. The van der Waals surface area contributed by atoms with Gasteiger partial charge in [-0.25, -0.2) is 0 Å². The molecule has 0 nitrogen and oxygen atoms in total. The van der Waals surface area contributed by atoms with Gasteiger partial charge >= 0.3 is 0 Å². The zero-order valence-electron chi connectivity index (χ0n) is 29.6. The van der Waals surface area contributed by atoms with Crippen LogP contribution >= 0.6 is 0 Å². The molecule has 0 aliphatic rings. The molecule has 0 amide bonds. The fourth-order valence-corrected chi connectivity index (χ4v) is 5.93. The molecular weight excluding hydrogens is 504 g/mol. The maximum absolute atomic E-state index is 9.82. The zero-order valence-corrected chi connectivity index (χ0v) is 22.6. The second kappa shape index (κ2) is 10.2. The summed E-state index contributed by atoms with van der Waals surface area (Å²) in [6.45, 7) is 0. The van der Waals surface area contributed by atoms with Crippen LogP contribution in [0.3, 0.4) is 0 Å². The zero-order chi connectivity index (χ0) is 34.0. The third-order valence-electron chi connectivity index (χ3n) is 7.90. The van der Waals surface area contributed by atoms with Gasteiger partial charge in [0.1, 0.15) is 0 Å². The van der Waals surface area contributed by atoms with E-state index >= 15 is 0 Å². The van der Waals surface area contributed by atoms with Crippen molar-refractivity contribution < 1.29 is 9.60 Å². The van der Waals surface area contributed by atoms with Crippen LogP contribution in [-0.4, -0.2) is 0 Å². The number of benzene rings is 8. The lowest BCUT2D eigenvalue weighted by molar-refractivity contribution is 1.61. The van der Waals surface area contributed by atoms with Crippen LogP contribution in [-0.2, 0) is 0 Å². The highest BCUT2D eigenvalue weighted by atomic mass is 14.2. The van der Waals surface area contributed by atoms with Crippen molar-refractivity contribution in [2.75, 3.05) is 0 Å². The monoisotopic (exact) mass is 539 g/mol. The SMILES string of the molecule is [2H]c1c([2H])c([2H])c2c(-c3cccc4ccccc34)c3c([2H])c(-c4ccccc4)c([2H])c([2H])c3c(-c3ccc(-c4ccccc4)cc3)c2c1[2H]. The topological polar surface area (TPSA) is 0 Å². The standard InChI is InChI=1S/C42H28/c1-3-12-29(13-4-1)31-22-24-33(25-23-31)41-37-19-9-10-20-38(37)42(36-21-11-17-32-16-7-8-18-35(32)36)40-28-34(26-27-39(40)41)30-14-5-2-6-15-30/h1-28H/i9D,10D,19D,20D,26D,27D,28D. The minimum absolute atomic E-state index is 0.0293. The number of hydrogen-bond donors (Lipinski definition) is 0. The smallest absolute Gasteiger partial charge is 0.0622 e. The molecule has 0 unspecified atom stereocenters. The van der Waals surface area contributed by atoms with Crippen LogP contribution in [0.15, 0.2) is 170 Å². The Hall–Kier alpha value is -5.46. The van der Waals surface area contributed by atoms with E-state index in [-0.39, 0.29) is 53.1 Å². The molecule has 0 fully saturated rings. The Morgan fingerprint density at radius 2 is 0.881 bits per heavy atom. The van der Waals surface area contributed by atoms with Gasteiger partial charge in [0.2, 0.25) is 0 Å². The van der Waals surface area contributed by atoms with Gasteiger partial charge < -0.3 is 0 Å². The van der Waals surface area contributed by atoms with Gasteiger partial charge in [0.05, 0.1) is 9.60 Å². The summed E-state index contributed by atoms with van der Waals surface area (Å²) in [6, 6.07) is 39.0. The van der Waals surface area contributed by atoms with E-state index in [4.69, 9.17) is 2.74 Å². The molecule has 0 heteroatoms. The Kier molecular flexibility index (Phi) is 4.38. The lowest BCUT2D eigenvalue weighted by Gasteiger charge is -2.20. The highest BCUT2D eigenvalue weighted by molar-refractivity contribution is 6.24. The number of hydrogen-bond acceptors (Lipinski definition) is 0.